The Kier molecular flexibility index (Phi) is 12.6. The number of nitrogens with one attached hydrogen (secondary N) is 1. The fraction of sp³-hybridized carbons (Fsp3) is 0.519. The minimum absolute atomic E-state index is 0. The Hall–Kier alpha value is -1.10. The number of benzene rings is 1. The first-order valence-corrected chi connectivity index (χ1v) is 13.3. The first-order valence-electron chi connectivity index (χ1n) is 12.4. The van der Waals surface area contributed by atoms with Crippen LogP contribution in [0, 0.1) is 23.2 Å². The molecule has 1 aromatic rings. The largest absolute Gasteiger partial charge is 1.00 e. The molecule has 1 aromatic carbocycles. The van der Waals surface area contributed by atoms with Gasteiger partial charge in [0.1, 0.15) is 22.7 Å². The van der Waals surface area contributed by atoms with E-state index in [0.717, 1.165) is 18.2 Å². The van der Waals surface area contributed by atoms with Crippen molar-refractivity contribution in [1.29, 1.82) is 0 Å². The second-order valence-electron chi connectivity index (χ2n) is 9.08. The maximum atomic E-state index is 13.7. The molecule has 4 rings (SSSR count). The molecule has 11 heteroatoms. The first kappa shape index (κ1) is 33.1. The number of alkyl halides is 2. The third kappa shape index (κ3) is 7.98. The molecular formula is C27H36F2KN5O2S. The van der Waals surface area contributed by atoms with E-state index < -0.39 is 29.2 Å². The maximum Gasteiger partial charge on any atom is 1.00 e. The predicted octanol–water partition coefficient (Wildman–Crippen LogP) is 1.60. The van der Waals surface area contributed by atoms with E-state index >= 15 is 0 Å². The number of rotatable bonds is 8. The van der Waals surface area contributed by atoms with Gasteiger partial charge in [-0.3, -0.25) is 4.79 Å². The third-order valence-corrected chi connectivity index (χ3v) is 7.54. The molecule has 1 amide bonds. The molecule has 4 atom stereocenters. The van der Waals surface area contributed by atoms with Crippen molar-refractivity contribution in [3.05, 3.63) is 52.7 Å². The van der Waals surface area contributed by atoms with Crippen molar-refractivity contribution in [2.75, 3.05) is 21.2 Å². The fourth-order valence-electron chi connectivity index (χ4n) is 4.32. The van der Waals surface area contributed by atoms with Crippen LogP contribution in [0.4, 0.5) is 14.5 Å². The van der Waals surface area contributed by atoms with Crippen molar-refractivity contribution < 1.29 is 69.7 Å². The quantitative estimate of drug-likeness (QED) is 0.249. The van der Waals surface area contributed by atoms with Crippen molar-refractivity contribution in [3.63, 3.8) is 0 Å². The second-order valence-corrected chi connectivity index (χ2v) is 10.4. The van der Waals surface area contributed by atoms with Crippen LogP contribution in [0.3, 0.4) is 0 Å². The molecule has 4 unspecified atom stereocenters. The smallest absolute Gasteiger partial charge is 0.687 e. The molecule has 2 aliphatic carbocycles. The molecule has 2 saturated carbocycles. The van der Waals surface area contributed by atoms with Crippen molar-refractivity contribution in [1.82, 2.24) is 10.2 Å². The number of likely N-dealkylation sites (N-methyl/N-ethyl adjacent to an activating group) is 1. The van der Waals surface area contributed by atoms with Gasteiger partial charge in [0.05, 0.1) is 7.11 Å². The molecule has 202 valence electrons. The average Bonchev–Trinajstić information content (AvgIpc) is 3.81. The summed E-state index contributed by atoms with van der Waals surface area (Å²) in [6, 6.07) is 3.77. The number of carbonyl (C=O) groups is 1. The van der Waals surface area contributed by atoms with Crippen LogP contribution >= 0.6 is 11.8 Å². The topological polar surface area (TPSA) is 108 Å². The van der Waals surface area contributed by atoms with E-state index in [2.05, 4.69) is 22.5 Å². The first-order chi connectivity index (χ1) is 17.7. The van der Waals surface area contributed by atoms with E-state index in [4.69, 9.17) is 16.2 Å². The normalized spacial score (nSPS) is 21.8. The number of methoxy groups -OCH3 is 1. The number of nitrogens with zero attached hydrogens (tertiary/aromatic N) is 2. The predicted molar refractivity (Wildman–Crippen MR) is 146 cm³/mol. The summed E-state index contributed by atoms with van der Waals surface area (Å²) < 4.78 is 32.8. The molecule has 2 fully saturated rings. The zero-order valence-electron chi connectivity index (χ0n) is 22.9. The van der Waals surface area contributed by atoms with Gasteiger partial charge in [-0.15, -0.1) is 12.7 Å². The summed E-state index contributed by atoms with van der Waals surface area (Å²) in [4.78, 5) is 14.6. The number of nitrogens with two attached hydrogens (primary N) is 2. The summed E-state index contributed by atoms with van der Waals surface area (Å²) in [5.41, 5.74) is 13.5. The van der Waals surface area contributed by atoms with E-state index in [1.807, 2.05) is 13.8 Å². The van der Waals surface area contributed by atoms with Crippen LogP contribution in [0.2, 0.25) is 0 Å². The molecule has 1 aliphatic heterocycles. The molecular weight excluding hydrogens is 535 g/mol. The Labute approximate surface area is 271 Å². The van der Waals surface area contributed by atoms with Crippen LogP contribution in [0.1, 0.15) is 49.0 Å². The number of amides is 1. The van der Waals surface area contributed by atoms with Crippen molar-refractivity contribution in [2.24, 2.45) is 22.8 Å². The summed E-state index contributed by atoms with van der Waals surface area (Å²) in [6.45, 7) is 4.00. The molecule has 3 aliphatic rings. The van der Waals surface area contributed by atoms with Crippen LogP contribution in [0.5, 0.6) is 0 Å². The Balaban J connectivity index is 0.00000165. The van der Waals surface area contributed by atoms with Crippen molar-refractivity contribution in [2.45, 2.75) is 56.4 Å². The zero-order chi connectivity index (χ0) is 27.3. The van der Waals surface area contributed by atoms with E-state index in [9.17, 15) is 13.6 Å². The average molecular weight is 572 g/mol. The number of ether oxygens (including phenoxy) is 1. The number of halogens is 2. The minimum Gasteiger partial charge on any atom is -0.687 e. The summed E-state index contributed by atoms with van der Waals surface area (Å²) in [6.07, 6.45) is 3.93. The molecule has 0 bridgehead atoms. The summed E-state index contributed by atoms with van der Waals surface area (Å²) in [5.74, 6) is 6.59. The standard InChI is InChI=1S/C25H31F2N5O2S.C2H6.K/c1-30-15-5-6-16(17(10-15)18-11-19(22(26)27)32(2)13-20(18)34-3)23(33)31-24(29)35-21(28)7-4-14-12-25(14)8-9-25;1-2;/h5-6,10-11,13-14,19,21-22,24H,8-9,12,28-29H2,1-3H3,(H2,30,31,33);1-2H3;/q;;+1/p-1. The number of carbonyl (C=O) groups excluding carboxylic acids is 1. The Bertz CT molecular complexity index is 1120. The number of hydrogen-bond acceptors (Lipinski definition) is 6. The molecule has 1 spiro atoms. The fourth-order valence-corrected chi connectivity index (χ4v) is 4.95. The summed E-state index contributed by atoms with van der Waals surface area (Å²) >= 11 is 1.15. The van der Waals surface area contributed by atoms with Gasteiger partial charge in [-0.25, -0.2) is 8.78 Å². The number of thioether (sulfide) groups is 1. The van der Waals surface area contributed by atoms with Gasteiger partial charge in [0.15, 0.2) is 0 Å². The number of allylic oxidation sites excluding steroid dienone is 1. The summed E-state index contributed by atoms with van der Waals surface area (Å²) in [7, 11) is 4.61. The molecule has 5 N–H and O–H groups in total. The third-order valence-electron chi connectivity index (χ3n) is 6.72. The maximum absolute atomic E-state index is 13.7. The summed E-state index contributed by atoms with van der Waals surface area (Å²) in [5, 5.41) is 6.36. The molecule has 7 nitrogen and oxygen atoms in total. The Morgan fingerprint density at radius 2 is 2.00 bits per heavy atom. The van der Waals surface area contributed by atoms with E-state index in [-0.39, 0.29) is 56.9 Å². The van der Waals surface area contributed by atoms with Gasteiger partial charge in [0.25, 0.3) is 12.3 Å². The van der Waals surface area contributed by atoms with Gasteiger partial charge in [-0.05, 0) is 36.3 Å². The monoisotopic (exact) mass is 571 g/mol. The number of hydrogen-bond donors (Lipinski definition) is 3. The Morgan fingerprint density at radius 1 is 1.32 bits per heavy atom. The van der Waals surface area contributed by atoms with E-state index in [1.54, 1.807) is 32.3 Å². The van der Waals surface area contributed by atoms with Crippen molar-refractivity contribution in [3.8, 4) is 11.8 Å². The van der Waals surface area contributed by atoms with E-state index in [1.165, 1.54) is 37.1 Å². The molecule has 0 aromatic heterocycles. The van der Waals surface area contributed by atoms with Gasteiger partial charge in [-0.2, -0.15) is 0 Å². The van der Waals surface area contributed by atoms with Crippen molar-refractivity contribution >= 4 is 28.9 Å². The van der Waals surface area contributed by atoms with Crippen LogP contribution in [-0.2, 0) is 4.74 Å². The second kappa shape index (κ2) is 14.5. The van der Waals surface area contributed by atoms with Gasteiger partial charge < -0.3 is 31.7 Å². The molecule has 1 heterocycles. The van der Waals surface area contributed by atoms with Crippen LogP contribution < -0.4 is 68.2 Å². The zero-order valence-corrected chi connectivity index (χ0v) is 26.9. The van der Waals surface area contributed by atoms with Gasteiger partial charge >= 0.3 is 51.4 Å². The minimum atomic E-state index is -2.63. The SMILES string of the molecule is CC.C[N-]c1ccc(C(=O)NC(N)SC(N)C#CC2CC23CC3)c(C2=CC(C(F)F)N(C)C=C2OC)c1.[K+]. The van der Waals surface area contributed by atoms with Crippen LogP contribution in [0.25, 0.3) is 10.9 Å². The Morgan fingerprint density at radius 3 is 2.55 bits per heavy atom. The van der Waals surface area contributed by atoms with E-state index in [0.29, 0.717) is 33.9 Å². The van der Waals surface area contributed by atoms with Crippen LogP contribution in [-0.4, -0.2) is 55.4 Å². The van der Waals surface area contributed by atoms with Gasteiger partial charge in [-0.1, -0.05) is 55.6 Å². The van der Waals surface area contributed by atoms with Crippen LogP contribution in [0.15, 0.2) is 36.2 Å². The molecule has 0 radical (unpaired) electrons. The van der Waals surface area contributed by atoms with Gasteiger partial charge in [0, 0.05) is 30.3 Å². The molecule has 0 saturated heterocycles. The van der Waals surface area contributed by atoms with Gasteiger partial charge in [0.2, 0.25) is 0 Å². The molecule has 38 heavy (non-hydrogen) atoms.